The van der Waals surface area contributed by atoms with Gasteiger partial charge in [-0.1, -0.05) is 19.9 Å². The number of rotatable bonds is 4. The number of hydrogen-bond donors (Lipinski definition) is 2. The molecule has 0 radical (unpaired) electrons. The molecule has 3 saturated carbocycles. The number of aliphatic hydroxyl groups excluding tert-OH is 1. The van der Waals surface area contributed by atoms with Crippen LogP contribution in [-0.4, -0.2) is 94.9 Å². The molecular weight excluding hydrogens is 576 g/mol. The molecule has 44 heavy (non-hydrogen) atoms. The highest BCUT2D eigenvalue weighted by atomic mass is 16.7. The monoisotopic (exact) mass is 616 g/mol. The molecule has 0 aromatic heterocycles. The molecule has 0 aromatic rings. The fourth-order valence-corrected chi connectivity index (χ4v) is 11.3. The maximum atomic E-state index is 14.2. The van der Waals surface area contributed by atoms with Crippen molar-refractivity contribution in [1.29, 1.82) is 0 Å². The summed E-state index contributed by atoms with van der Waals surface area (Å²) in [6.07, 6.45) is -0.0554. The van der Waals surface area contributed by atoms with Crippen molar-refractivity contribution >= 4 is 17.9 Å². The van der Waals surface area contributed by atoms with E-state index in [4.69, 9.17) is 33.2 Å². The van der Waals surface area contributed by atoms with Gasteiger partial charge < -0.3 is 43.4 Å². The first-order valence-corrected chi connectivity index (χ1v) is 15.6. The van der Waals surface area contributed by atoms with Crippen LogP contribution >= 0.6 is 0 Å². The summed E-state index contributed by atoms with van der Waals surface area (Å²) in [6.45, 7) is 10.5. The third-order valence-corrected chi connectivity index (χ3v) is 13.2. The minimum Gasteiger partial charge on any atom is -0.469 e. The number of carbonyl (C=O) groups is 3. The van der Waals surface area contributed by atoms with Gasteiger partial charge in [0.2, 0.25) is 6.29 Å². The van der Waals surface area contributed by atoms with E-state index in [1.807, 2.05) is 20.8 Å². The molecule has 2 bridgehead atoms. The standard InChI is InChI=1S/C32H40O12/c1-7-14(2)24(35)42-18-11-17(41-15(3)33)27(4)12-39-20-21(27)30(18)13-40-25(36)22(30)28(5,23(20)34)32-19-10-16(29(32,6)44-32)31(37)8-9-38-26(31)43-19/h7-9,16-23,26,34,37H,10-13H2,1-6H3. The zero-order chi connectivity index (χ0) is 31.4. The van der Waals surface area contributed by atoms with Gasteiger partial charge in [-0.25, -0.2) is 4.79 Å². The highest BCUT2D eigenvalue weighted by Crippen LogP contribution is 2.81. The topological polar surface area (TPSA) is 160 Å². The predicted molar refractivity (Wildman–Crippen MR) is 146 cm³/mol. The maximum absolute atomic E-state index is 14.2. The lowest BCUT2D eigenvalue weighted by Crippen LogP contribution is -2.76. The Kier molecular flexibility index (Phi) is 5.55. The van der Waals surface area contributed by atoms with Gasteiger partial charge in [0.25, 0.3) is 0 Å². The van der Waals surface area contributed by atoms with Gasteiger partial charge in [-0.05, 0) is 33.3 Å². The number of hydrogen-bond acceptors (Lipinski definition) is 12. The largest absolute Gasteiger partial charge is 0.469 e. The van der Waals surface area contributed by atoms with Crippen LogP contribution < -0.4 is 0 Å². The summed E-state index contributed by atoms with van der Waals surface area (Å²) in [7, 11) is 0. The molecule has 1 spiro atoms. The number of fused-ring (bicyclic) bond motifs is 7. The van der Waals surface area contributed by atoms with Crippen LogP contribution in [0.5, 0.6) is 0 Å². The van der Waals surface area contributed by atoms with E-state index in [9.17, 15) is 24.6 Å². The van der Waals surface area contributed by atoms with Gasteiger partial charge in [0.1, 0.15) is 30.0 Å². The summed E-state index contributed by atoms with van der Waals surface area (Å²) in [5.74, 6) is -3.59. The molecule has 0 amide bonds. The van der Waals surface area contributed by atoms with Crippen molar-refractivity contribution in [2.45, 2.75) is 108 Å². The van der Waals surface area contributed by atoms with Crippen LogP contribution in [-0.2, 0) is 47.5 Å². The van der Waals surface area contributed by atoms with Crippen molar-refractivity contribution in [1.82, 2.24) is 0 Å². The quantitative estimate of drug-likeness (QED) is 0.202. The number of ether oxygens (including phenoxy) is 7. The Morgan fingerprint density at radius 3 is 2.55 bits per heavy atom. The smallest absolute Gasteiger partial charge is 0.333 e. The molecule has 4 saturated heterocycles. The summed E-state index contributed by atoms with van der Waals surface area (Å²) >= 11 is 0. The number of allylic oxidation sites excluding steroid dienone is 1. The lowest BCUT2D eigenvalue weighted by Gasteiger charge is -2.64. The minimum atomic E-state index is -1.44. The van der Waals surface area contributed by atoms with Gasteiger partial charge >= 0.3 is 17.9 Å². The van der Waals surface area contributed by atoms with Crippen molar-refractivity contribution in [3.05, 3.63) is 24.0 Å². The Balaban J connectivity index is 1.31. The molecule has 12 nitrogen and oxygen atoms in total. The molecule has 7 fully saturated rings. The second kappa shape index (κ2) is 8.44. The fraction of sp³-hybridized carbons (Fsp3) is 0.781. The molecule has 12 heteroatoms. The Hall–Kier alpha value is -2.51. The highest BCUT2D eigenvalue weighted by Gasteiger charge is 2.95. The van der Waals surface area contributed by atoms with Gasteiger partial charge in [0.15, 0.2) is 5.60 Å². The van der Waals surface area contributed by atoms with E-state index in [0.29, 0.717) is 12.0 Å². The summed E-state index contributed by atoms with van der Waals surface area (Å²) in [5, 5.41) is 24.2. The average Bonchev–Trinajstić information content (AvgIpc) is 3.33. The molecule has 0 aromatic carbocycles. The van der Waals surface area contributed by atoms with Gasteiger partial charge in [-0.3, -0.25) is 9.59 Å². The molecule has 2 N–H and O–H groups in total. The van der Waals surface area contributed by atoms with Gasteiger partial charge in [0, 0.05) is 41.6 Å². The normalized spacial score (nSPS) is 57.4. The summed E-state index contributed by atoms with van der Waals surface area (Å²) in [5.41, 5.74) is -6.60. The highest BCUT2D eigenvalue weighted by molar-refractivity contribution is 5.88. The summed E-state index contributed by atoms with van der Waals surface area (Å²) < 4.78 is 43.3. The zero-order valence-corrected chi connectivity index (χ0v) is 25.7. The van der Waals surface area contributed by atoms with E-state index in [1.54, 1.807) is 26.0 Å². The molecule has 8 aliphatic rings. The number of cyclic esters (lactones) is 1. The zero-order valence-electron chi connectivity index (χ0n) is 25.7. The molecule has 240 valence electrons. The third kappa shape index (κ3) is 2.88. The van der Waals surface area contributed by atoms with Crippen LogP contribution in [0, 0.1) is 34.0 Å². The van der Waals surface area contributed by atoms with Crippen molar-refractivity contribution in [2.24, 2.45) is 34.0 Å². The van der Waals surface area contributed by atoms with E-state index in [2.05, 4.69) is 0 Å². The van der Waals surface area contributed by atoms with Crippen molar-refractivity contribution in [3.8, 4) is 0 Å². The van der Waals surface area contributed by atoms with Gasteiger partial charge in [-0.2, -0.15) is 0 Å². The molecule has 8 rings (SSSR count). The number of esters is 3. The third-order valence-electron chi connectivity index (χ3n) is 13.2. The van der Waals surface area contributed by atoms with Gasteiger partial charge in [-0.15, -0.1) is 0 Å². The van der Waals surface area contributed by atoms with Crippen molar-refractivity contribution in [2.75, 3.05) is 13.2 Å². The first-order valence-electron chi connectivity index (χ1n) is 15.6. The van der Waals surface area contributed by atoms with Crippen LogP contribution in [0.4, 0.5) is 0 Å². The molecule has 15 unspecified atom stereocenters. The minimum absolute atomic E-state index is 0.0707. The second-order valence-electron chi connectivity index (χ2n) is 14.9. The number of epoxide rings is 1. The Morgan fingerprint density at radius 2 is 1.84 bits per heavy atom. The SMILES string of the molecule is CC=C(C)C(=O)OC1CC(OC(C)=O)C2(C)COC3C2C12COC(=O)C2C(C)(C12OC1(C)C1CC2OC2OC=CC21O)C3O. The maximum Gasteiger partial charge on any atom is 0.333 e. The number of carbonyl (C=O) groups excluding carboxylic acids is 3. The van der Waals surface area contributed by atoms with Crippen LogP contribution in [0.3, 0.4) is 0 Å². The second-order valence-corrected chi connectivity index (χ2v) is 14.9. The Labute approximate surface area is 254 Å². The predicted octanol–water partition coefficient (Wildman–Crippen LogP) is 1.31. The summed E-state index contributed by atoms with van der Waals surface area (Å²) in [4.78, 5) is 39.9. The van der Waals surface area contributed by atoms with Crippen LogP contribution in [0.2, 0.25) is 0 Å². The first-order chi connectivity index (χ1) is 20.7. The van der Waals surface area contributed by atoms with E-state index in [-0.39, 0.29) is 19.6 Å². The van der Waals surface area contributed by atoms with E-state index >= 15 is 0 Å². The first kappa shape index (κ1) is 28.9. The van der Waals surface area contributed by atoms with Crippen molar-refractivity contribution in [3.63, 3.8) is 0 Å². The molecule has 5 aliphatic heterocycles. The van der Waals surface area contributed by atoms with E-state index in [0.717, 1.165) is 0 Å². The average molecular weight is 617 g/mol. The van der Waals surface area contributed by atoms with Crippen LogP contribution in [0.1, 0.15) is 54.4 Å². The Bertz CT molecular complexity index is 1430. The lowest BCUT2D eigenvalue weighted by atomic mass is 9.39. The fourth-order valence-electron chi connectivity index (χ4n) is 11.3. The molecule has 3 aliphatic carbocycles. The molecule has 15 atom stereocenters. The molecule has 5 heterocycles. The van der Waals surface area contributed by atoms with Gasteiger partial charge in [0.05, 0.1) is 42.5 Å². The number of aliphatic hydroxyl groups is 2. The van der Waals surface area contributed by atoms with Crippen molar-refractivity contribution < 1.29 is 57.8 Å². The van der Waals surface area contributed by atoms with Crippen LogP contribution in [0.25, 0.3) is 0 Å². The van der Waals surface area contributed by atoms with Crippen LogP contribution in [0.15, 0.2) is 24.0 Å². The van der Waals surface area contributed by atoms with E-state index < -0.39 is 106 Å². The Morgan fingerprint density at radius 1 is 1.09 bits per heavy atom. The summed E-state index contributed by atoms with van der Waals surface area (Å²) in [6, 6.07) is 0. The van der Waals surface area contributed by atoms with E-state index in [1.165, 1.54) is 13.2 Å². The molecular formula is C32H40O12. The lowest BCUT2D eigenvalue weighted by molar-refractivity contribution is -0.292.